The first-order chi connectivity index (χ1) is 12.5. The maximum atomic E-state index is 10.1. The zero-order chi connectivity index (χ0) is 18.7. The van der Waals surface area contributed by atoms with Gasteiger partial charge in [0.05, 0.1) is 24.9 Å². The van der Waals surface area contributed by atoms with Gasteiger partial charge in [-0.05, 0) is 34.1 Å². The summed E-state index contributed by atoms with van der Waals surface area (Å²) in [6.07, 6.45) is 0.120. The van der Waals surface area contributed by atoms with Crippen molar-refractivity contribution in [2.75, 3.05) is 19.0 Å². The zero-order valence-corrected chi connectivity index (χ0v) is 17.2. The molecule has 3 rings (SSSR count). The largest absolute Gasteiger partial charge is 0.394 e. The standard InChI is InChI=1S/C20H27NO3P2/c1-21-14-5-2-12(3-6-14)20(26)17-8-13(4-7-19(17)25)18-10-15(23)9-16(11-22)24-18/h2-8,15-16,18,20-23H,9-11,25-26H2,1H3. The lowest BCUT2D eigenvalue weighted by atomic mass is 9.94. The van der Waals surface area contributed by atoms with E-state index in [0.29, 0.717) is 12.8 Å². The third-order valence-corrected chi connectivity index (χ3v) is 6.23. The quantitative estimate of drug-likeness (QED) is 0.686. The Morgan fingerprint density at radius 1 is 1.19 bits per heavy atom. The highest BCUT2D eigenvalue weighted by molar-refractivity contribution is 7.27. The number of hydrogen-bond donors (Lipinski definition) is 3. The Labute approximate surface area is 159 Å². The molecule has 0 bridgehead atoms. The Hall–Kier alpha value is -1.02. The van der Waals surface area contributed by atoms with E-state index in [1.807, 2.05) is 13.1 Å². The minimum atomic E-state index is -0.439. The Morgan fingerprint density at radius 3 is 2.58 bits per heavy atom. The van der Waals surface area contributed by atoms with E-state index in [0.717, 1.165) is 16.6 Å². The van der Waals surface area contributed by atoms with Crippen molar-refractivity contribution < 1.29 is 14.9 Å². The van der Waals surface area contributed by atoms with Gasteiger partial charge in [0.25, 0.3) is 0 Å². The van der Waals surface area contributed by atoms with Crippen LogP contribution in [0.5, 0.6) is 0 Å². The third kappa shape index (κ3) is 4.44. The summed E-state index contributed by atoms with van der Waals surface area (Å²) in [5.74, 6) is 0. The van der Waals surface area contributed by atoms with Gasteiger partial charge in [-0.25, -0.2) is 0 Å². The highest BCUT2D eigenvalue weighted by atomic mass is 31.0. The topological polar surface area (TPSA) is 61.7 Å². The molecule has 3 N–H and O–H groups in total. The summed E-state index contributed by atoms with van der Waals surface area (Å²) in [7, 11) is 7.64. The monoisotopic (exact) mass is 391 g/mol. The molecule has 1 heterocycles. The summed E-state index contributed by atoms with van der Waals surface area (Å²) in [6, 6.07) is 14.7. The number of rotatable bonds is 5. The van der Waals surface area contributed by atoms with Gasteiger partial charge in [-0.2, -0.15) is 0 Å². The first-order valence-electron chi connectivity index (χ1n) is 8.88. The highest BCUT2D eigenvalue weighted by Crippen LogP contribution is 2.36. The molecule has 6 unspecified atom stereocenters. The van der Waals surface area contributed by atoms with Crippen LogP contribution in [0.2, 0.25) is 0 Å². The van der Waals surface area contributed by atoms with Crippen LogP contribution in [0.3, 0.4) is 0 Å². The Balaban J connectivity index is 1.87. The van der Waals surface area contributed by atoms with E-state index in [1.54, 1.807) is 0 Å². The average molecular weight is 391 g/mol. The fourth-order valence-corrected chi connectivity index (χ4v) is 4.48. The van der Waals surface area contributed by atoms with Crippen molar-refractivity contribution in [2.24, 2.45) is 0 Å². The van der Waals surface area contributed by atoms with Gasteiger partial charge >= 0.3 is 0 Å². The second-order valence-corrected chi connectivity index (χ2v) is 8.08. The van der Waals surface area contributed by atoms with Crippen molar-refractivity contribution in [1.82, 2.24) is 0 Å². The van der Waals surface area contributed by atoms with E-state index in [4.69, 9.17) is 4.74 Å². The molecule has 1 aliphatic heterocycles. The molecule has 0 spiro atoms. The number of benzene rings is 2. The highest BCUT2D eigenvalue weighted by Gasteiger charge is 2.29. The van der Waals surface area contributed by atoms with Crippen molar-refractivity contribution in [3.63, 3.8) is 0 Å². The summed E-state index contributed by atoms with van der Waals surface area (Å²) in [6.45, 7) is -0.0633. The number of anilines is 1. The number of aliphatic hydroxyl groups is 2. The van der Waals surface area contributed by atoms with Crippen LogP contribution in [0.1, 0.15) is 41.3 Å². The fraction of sp³-hybridized carbons (Fsp3) is 0.400. The van der Waals surface area contributed by atoms with Gasteiger partial charge in [0.15, 0.2) is 0 Å². The molecule has 6 atom stereocenters. The molecule has 0 aromatic heterocycles. The van der Waals surface area contributed by atoms with E-state index in [-0.39, 0.29) is 24.5 Å². The average Bonchev–Trinajstić information content (AvgIpc) is 2.67. The molecule has 2 aromatic rings. The van der Waals surface area contributed by atoms with Crippen LogP contribution < -0.4 is 10.6 Å². The summed E-state index contributed by atoms with van der Waals surface area (Å²) in [5.41, 5.74) is 4.70. The van der Waals surface area contributed by atoms with Gasteiger partial charge in [0.2, 0.25) is 0 Å². The fourth-order valence-electron chi connectivity index (χ4n) is 3.42. The van der Waals surface area contributed by atoms with Crippen molar-refractivity contribution in [3.05, 3.63) is 59.2 Å². The second kappa shape index (κ2) is 8.78. The summed E-state index contributed by atoms with van der Waals surface area (Å²) < 4.78 is 5.97. The molecule has 6 heteroatoms. The van der Waals surface area contributed by atoms with Crippen LogP contribution in [0.4, 0.5) is 5.69 Å². The zero-order valence-electron chi connectivity index (χ0n) is 14.9. The van der Waals surface area contributed by atoms with Crippen molar-refractivity contribution >= 4 is 29.5 Å². The van der Waals surface area contributed by atoms with Crippen LogP contribution in [-0.4, -0.2) is 36.1 Å². The lowest BCUT2D eigenvalue weighted by molar-refractivity contribution is -0.113. The van der Waals surface area contributed by atoms with E-state index in [9.17, 15) is 10.2 Å². The Kier molecular flexibility index (Phi) is 6.66. The van der Waals surface area contributed by atoms with E-state index in [1.165, 1.54) is 11.1 Å². The molecule has 0 radical (unpaired) electrons. The molecular formula is C20H27NO3P2. The minimum Gasteiger partial charge on any atom is -0.394 e. The van der Waals surface area contributed by atoms with Crippen molar-refractivity contribution in [1.29, 1.82) is 0 Å². The SMILES string of the molecule is CNc1ccc(C(P)c2cc(C3CC(O)CC(CO)O3)ccc2P)cc1. The number of ether oxygens (including phenoxy) is 1. The molecule has 140 valence electrons. The van der Waals surface area contributed by atoms with Gasteiger partial charge in [-0.15, -0.1) is 18.5 Å². The van der Waals surface area contributed by atoms with Crippen LogP contribution in [0, 0.1) is 0 Å². The predicted molar refractivity (Wildman–Crippen MR) is 113 cm³/mol. The van der Waals surface area contributed by atoms with Crippen LogP contribution in [-0.2, 0) is 4.74 Å². The Morgan fingerprint density at radius 2 is 1.92 bits per heavy atom. The molecule has 2 aromatic carbocycles. The maximum absolute atomic E-state index is 10.1. The smallest absolute Gasteiger partial charge is 0.0854 e. The van der Waals surface area contributed by atoms with Crippen molar-refractivity contribution in [2.45, 2.75) is 36.8 Å². The molecule has 0 amide bonds. The van der Waals surface area contributed by atoms with E-state index in [2.05, 4.69) is 60.2 Å². The van der Waals surface area contributed by atoms with Crippen LogP contribution in [0.25, 0.3) is 0 Å². The molecule has 0 saturated carbocycles. The maximum Gasteiger partial charge on any atom is 0.0854 e. The molecule has 4 nitrogen and oxygen atoms in total. The summed E-state index contributed by atoms with van der Waals surface area (Å²) in [5, 5.41) is 23.8. The lowest BCUT2D eigenvalue weighted by Gasteiger charge is -2.33. The van der Waals surface area contributed by atoms with Gasteiger partial charge in [-0.1, -0.05) is 30.3 Å². The molecule has 1 saturated heterocycles. The van der Waals surface area contributed by atoms with E-state index >= 15 is 0 Å². The minimum absolute atomic E-state index is 0.0633. The molecule has 1 aliphatic rings. The normalized spacial score (nSPS) is 24.3. The molecule has 26 heavy (non-hydrogen) atoms. The van der Waals surface area contributed by atoms with Crippen LogP contribution >= 0.6 is 18.5 Å². The van der Waals surface area contributed by atoms with Gasteiger partial charge < -0.3 is 20.3 Å². The van der Waals surface area contributed by atoms with Crippen molar-refractivity contribution in [3.8, 4) is 0 Å². The first-order valence-corrected chi connectivity index (χ1v) is 10.1. The number of aliphatic hydroxyl groups excluding tert-OH is 2. The summed E-state index contributed by atoms with van der Waals surface area (Å²) in [4.78, 5) is 0. The Bertz CT molecular complexity index is 738. The molecule has 0 aliphatic carbocycles. The first kappa shape index (κ1) is 19.7. The number of nitrogens with one attached hydrogen (secondary N) is 1. The summed E-state index contributed by atoms with van der Waals surface area (Å²) >= 11 is 0. The molecular weight excluding hydrogens is 364 g/mol. The third-order valence-electron chi connectivity index (χ3n) is 4.96. The number of hydrogen-bond acceptors (Lipinski definition) is 4. The lowest BCUT2D eigenvalue weighted by Crippen LogP contribution is -2.33. The van der Waals surface area contributed by atoms with Gasteiger partial charge in [0, 0.05) is 31.2 Å². The van der Waals surface area contributed by atoms with Gasteiger partial charge in [0.1, 0.15) is 0 Å². The molecule has 1 fully saturated rings. The van der Waals surface area contributed by atoms with Crippen LogP contribution in [0.15, 0.2) is 42.5 Å². The second-order valence-electron chi connectivity index (χ2n) is 6.79. The predicted octanol–water partition coefficient (Wildman–Crippen LogP) is 2.77. The van der Waals surface area contributed by atoms with E-state index < -0.39 is 6.10 Å². The van der Waals surface area contributed by atoms with Gasteiger partial charge in [-0.3, -0.25) is 0 Å².